The first kappa shape index (κ1) is 17.0. The van der Waals surface area contributed by atoms with Crippen molar-refractivity contribution in [2.75, 3.05) is 17.2 Å². The summed E-state index contributed by atoms with van der Waals surface area (Å²) in [6.45, 7) is 3.60. The number of urea groups is 1. The molecular formula is C15H18BrN5O2. The summed E-state index contributed by atoms with van der Waals surface area (Å²) in [6.07, 6.45) is 0. The maximum absolute atomic E-state index is 11.9. The van der Waals surface area contributed by atoms with E-state index in [9.17, 15) is 9.59 Å². The van der Waals surface area contributed by atoms with Gasteiger partial charge in [0, 0.05) is 23.3 Å². The summed E-state index contributed by atoms with van der Waals surface area (Å²) in [6, 6.07) is 6.82. The molecule has 2 rings (SSSR count). The average molecular weight is 380 g/mol. The number of aromatic nitrogens is 2. The van der Waals surface area contributed by atoms with Crippen molar-refractivity contribution in [1.29, 1.82) is 0 Å². The molecule has 122 valence electrons. The third-order valence-corrected chi connectivity index (χ3v) is 3.61. The Labute approximate surface area is 142 Å². The van der Waals surface area contributed by atoms with Crippen LogP contribution in [0.15, 0.2) is 28.7 Å². The molecule has 1 heterocycles. The number of hydrogen-bond acceptors (Lipinski definition) is 3. The number of rotatable bonds is 4. The Bertz CT molecular complexity index is 741. The van der Waals surface area contributed by atoms with Gasteiger partial charge in [-0.2, -0.15) is 5.10 Å². The summed E-state index contributed by atoms with van der Waals surface area (Å²) in [4.78, 5) is 23.7. The summed E-state index contributed by atoms with van der Waals surface area (Å²) < 4.78 is 2.50. The van der Waals surface area contributed by atoms with Gasteiger partial charge in [-0.05, 0) is 37.6 Å². The molecule has 8 heteroatoms. The van der Waals surface area contributed by atoms with Gasteiger partial charge in [-0.3, -0.25) is 14.8 Å². The van der Waals surface area contributed by atoms with Crippen LogP contribution in [-0.2, 0) is 11.8 Å². The number of aryl methyl sites for hydroxylation is 3. The molecule has 1 aromatic carbocycles. The highest BCUT2D eigenvalue weighted by Gasteiger charge is 2.09. The van der Waals surface area contributed by atoms with Crippen LogP contribution in [0.4, 0.5) is 16.3 Å². The van der Waals surface area contributed by atoms with Crippen LogP contribution in [-0.4, -0.2) is 28.3 Å². The Kier molecular flexibility index (Phi) is 5.38. The Hall–Kier alpha value is -2.35. The Morgan fingerprint density at radius 3 is 2.57 bits per heavy atom. The minimum Gasteiger partial charge on any atom is -0.329 e. The highest BCUT2D eigenvalue weighted by Crippen LogP contribution is 2.19. The van der Waals surface area contributed by atoms with Gasteiger partial charge in [0.15, 0.2) is 0 Å². The summed E-state index contributed by atoms with van der Waals surface area (Å²) in [7, 11) is 1.73. The quantitative estimate of drug-likeness (QED) is 0.762. The second-order valence-electron chi connectivity index (χ2n) is 5.11. The number of amides is 3. The van der Waals surface area contributed by atoms with Crippen LogP contribution in [0.5, 0.6) is 0 Å². The minimum atomic E-state index is -0.462. The lowest BCUT2D eigenvalue weighted by Gasteiger charge is -2.10. The van der Waals surface area contributed by atoms with Gasteiger partial charge in [-0.1, -0.05) is 15.9 Å². The molecule has 0 spiro atoms. The number of carbonyl (C=O) groups excluding carboxylic acids is 2. The fraction of sp³-hybridized carbons (Fsp3) is 0.267. The zero-order valence-corrected chi connectivity index (χ0v) is 14.7. The largest absolute Gasteiger partial charge is 0.329 e. The number of nitrogens with zero attached hydrogens (tertiary/aromatic N) is 2. The van der Waals surface area contributed by atoms with E-state index >= 15 is 0 Å². The van der Waals surface area contributed by atoms with E-state index in [4.69, 9.17) is 0 Å². The van der Waals surface area contributed by atoms with E-state index in [1.807, 2.05) is 26.0 Å². The second kappa shape index (κ2) is 7.28. The van der Waals surface area contributed by atoms with Gasteiger partial charge >= 0.3 is 6.03 Å². The first-order valence-corrected chi connectivity index (χ1v) is 7.76. The molecule has 7 nitrogen and oxygen atoms in total. The number of carbonyl (C=O) groups is 2. The van der Waals surface area contributed by atoms with Crippen LogP contribution in [0.25, 0.3) is 0 Å². The molecule has 2 aromatic rings. The molecule has 0 aliphatic heterocycles. The van der Waals surface area contributed by atoms with Crippen LogP contribution in [0, 0.1) is 13.8 Å². The van der Waals surface area contributed by atoms with Crippen molar-refractivity contribution in [1.82, 2.24) is 15.1 Å². The Morgan fingerprint density at radius 2 is 1.96 bits per heavy atom. The van der Waals surface area contributed by atoms with E-state index < -0.39 is 6.03 Å². The molecule has 0 unspecified atom stereocenters. The molecule has 3 N–H and O–H groups in total. The number of nitrogens with one attached hydrogen (secondary N) is 3. The monoisotopic (exact) mass is 379 g/mol. The van der Waals surface area contributed by atoms with E-state index in [2.05, 4.69) is 37.0 Å². The van der Waals surface area contributed by atoms with E-state index in [-0.39, 0.29) is 12.5 Å². The average Bonchev–Trinajstić information content (AvgIpc) is 2.78. The third kappa shape index (κ3) is 4.82. The molecule has 0 radical (unpaired) electrons. The maximum Gasteiger partial charge on any atom is 0.320 e. The van der Waals surface area contributed by atoms with Crippen LogP contribution in [0.3, 0.4) is 0 Å². The summed E-state index contributed by atoms with van der Waals surface area (Å²) in [5.74, 6) is 0.260. The summed E-state index contributed by atoms with van der Waals surface area (Å²) >= 11 is 3.37. The van der Waals surface area contributed by atoms with Crippen molar-refractivity contribution in [2.24, 2.45) is 7.05 Å². The third-order valence-electron chi connectivity index (χ3n) is 3.12. The lowest BCUT2D eigenvalue weighted by atomic mass is 10.2. The molecule has 0 aliphatic rings. The van der Waals surface area contributed by atoms with E-state index in [0.717, 1.165) is 15.7 Å². The van der Waals surface area contributed by atoms with Gasteiger partial charge < -0.3 is 10.6 Å². The second-order valence-corrected chi connectivity index (χ2v) is 6.03. The summed E-state index contributed by atoms with van der Waals surface area (Å²) in [5.41, 5.74) is 2.44. The van der Waals surface area contributed by atoms with Crippen molar-refractivity contribution < 1.29 is 9.59 Å². The van der Waals surface area contributed by atoms with E-state index in [1.54, 1.807) is 23.9 Å². The number of anilines is 2. The lowest BCUT2D eigenvalue weighted by molar-refractivity contribution is -0.115. The van der Waals surface area contributed by atoms with Crippen LogP contribution in [0.2, 0.25) is 0 Å². The minimum absolute atomic E-state index is 0.127. The molecule has 3 amide bonds. The van der Waals surface area contributed by atoms with Crippen LogP contribution in [0.1, 0.15) is 11.3 Å². The molecule has 0 aliphatic carbocycles. The van der Waals surface area contributed by atoms with Crippen molar-refractivity contribution in [3.05, 3.63) is 40.0 Å². The molecule has 0 saturated carbocycles. The van der Waals surface area contributed by atoms with Crippen molar-refractivity contribution in [3.63, 3.8) is 0 Å². The van der Waals surface area contributed by atoms with Gasteiger partial charge in [0.05, 0.1) is 12.2 Å². The van der Waals surface area contributed by atoms with Crippen molar-refractivity contribution >= 4 is 39.4 Å². The predicted octanol–water partition coefficient (Wildman–Crippen LogP) is 2.56. The number of hydrogen-bond donors (Lipinski definition) is 3. The molecule has 0 fully saturated rings. The van der Waals surface area contributed by atoms with Crippen molar-refractivity contribution in [2.45, 2.75) is 13.8 Å². The fourth-order valence-electron chi connectivity index (χ4n) is 2.01. The SMILES string of the molecule is Cc1cc(NC(=O)NCC(=O)Nc2ccc(Br)cc2C)n(C)n1. The van der Waals surface area contributed by atoms with Crippen LogP contribution < -0.4 is 16.0 Å². The molecule has 23 heavy (non-hydrogen) atoms. The lowest BCUT2D eigenvalue weighted by Crippen LogP contribution is -2.36. The van der Waals surface area contributed by atoms with E-state index in [0.29, 0.717) is 11.5 Å². The zero-order valence-electron chi connectivity index (χ0n) is 13.1. The fourth-order valence-corrected chi connectivity index (χ4v) is 2.49. The topological polar surface area (TPSA) is 88.0 Å². The van der Waals surface area contributed by atoms with E-state index in [1.165, 1.54) is 0 Å². The molecule has 0 bridgehead atoms. The molecular weight excluding hydrogens is 362 g/mol. The van der Waals surface area contributed by atoms with Gasteiger partial charge in [-0.25, -0.2) is 4.79 Å². The smallest absolute Gasteiger partial charge is 0.320 e. The zero-order chi connectivity index (χ0) is 17.0. The number of halogens is 1. The summed E-state index contributed by atoms with van der Waals surface area (Å²) in [5, 5.41) is 12.0. The first-order chi connectivity index (χ1) is 10.8. The highest BCUT2D eigenvalue weighted by atomic mass is 79.9. The number of benzene rings is 1. The van der Waals surface area contributed by atoms with Gasteiger partial charge in [0.25, 0.3) is 0 Å². The highest BCUT2D eigenvalue weighted by molar-refractivity contribution is 9.10. The van der Waals surface area contributed by atoms with Gasteiger partial charge in [0.2, 0.25) is 5.91 Å². The molecule has 1 aromatic heterocycles. The first-order valence-electron chi connectivity index (χ1n) is 6.96. The Balaban J connectivity index is 1.84. The van der Waals surface area contributed by atoms with Gasteiger partial charge in [0.1, 0.15) is 5.82 Å². The maximum atomic E-state index is 11.9. The van der Waals surface area contributed by atoms with Crippen LogP contribution >= 0.6 is 15.9 Å². The standard InChI is InChI=1S/C15H18BrN5O2/c1-9-6-11(16)4-5-12(9)18-14(22)8-17-15(23)19-13-7-10(2)20-21(13)3/h4-7H,8H2,1-3H3,(H,18,22)(H2,17,19,23). The normalized spacial score (nSPS) is 10.3. The Morgan fingerprint density at radius 1 is 1.22 bits per heavy atom. The predicted molar refractivity (Wildman–Crippen MR) is 92.5 cm³/mol. The van der Waals surface area contributed by atoms with Crippen molar-refractivity contribution in [3.8, 4) is 0 Å². The van der Waals surface area contributed by atoms with Gasteiger partial charge in [-0.15, -0.1) is 0 Å². The molecule has 0 saturated heterocycles. The molecule has 0 atom stereocenters.